The van der Waals surface area contributed by atoms with E-state index in [1.165, 1.54) is 0 Å². The molecule has 0 aromatic heterocycles. The Labute approximate surface area is 62.9 Å². The Morgan fingerprint density at radius 2 is 1.73 bits per heavy atom. The molecule has 1 unspecified atom stereocenters. The van der Waals surface area contributed by atoms with Crippen LogP contribution in [0.1, 0.15) is 0 Å². The van der Waals surface area contributed by atoms with Gasteiger partial charge < -0.3 is 20.4 Å². The van der Waals surface area contributed by atoms with E-state index in [1.54, 1.807) is 0 Å². The summed E-state index contributed by atoms with van der Waals surface area (Å²) in [5.41, 5.74) is 4.74. The van der Waals surface area contributed by atoms with E-state index in [9.17, 15) is 9.13 Å². The van der Waals surface area contributed by atoms with Crippen LogP contribution in [0.3, 0.4) is 0 Å². The third-order valence-electron chi connectivity index (χ3n) is 0.658. The Kier molecular flexibility index (Phi) is 3.87. The van der Waals surface area contributed by atoms with E-state index in [2.05, 4.69) is 4.52 Å². The zero-order valence-electron chi connectivity index (χ0n) is 5.45. The third-order valence-corrected chi connectivity index (χ3v) is 2.32. The molecular formula is C2H9NO6P2. The molecule has 0 bridgehead atoms. The van der Waals surface area contributed by atoms with E-state index in [-0.39, 0.29) is 0 Å². The van der Waals surface area contributed by atoms with Crippen molar-refractivity contribution in [3.05, 3.63) is 0 Å². The Bertz CT molecular complexity index is 209. The van der Waals surface area contributed by atoms with Gasteiger partial charge in [-0.15, -0.1) is 0 Å². The van der Waals surface area contributed by atoms with Gasteiger partial charge in [-0.2, -0.15) is 0 Å². The van der Waals surface area contributed by atoms with Crippen LogP contribution in [0.5, 0.6) is 0 Å². The molecule has 0 aromatic rings. The number of nitrogens with two attached hydrogens (primary N) is 1. The van der Waals surface area contributed by atoms with Crippen molar-refractivity contribution < 1.29 is 28.3 Å². The van der Waals surface area contributed by atoms with Gasteiger partial charge in [-0.1, -0.05) is 0 Å². The highest BCUT2D eigenvalue weighted by Crippen LogP contribution is 2.46. The van der Waals surface area contributed by atoms with Crippen LogP contribution in [-0.2, 0) is 13.7 Å². The lowest BCUT2D eigenvalue weighted by molar-refractivity contribution is 0.263. The molecule has 0 saturated heterocycles. The molecule has 0 radical (unpaired) electrons. The summed E-state index contributed by atoms with van der Waals surface area (Å²) >= 11 is 0. The molecule has 5 N–H and O–H groups in total. The number of hydrogen-bond acceptors (Lipinski definition) is 4. The van der Waals surface area contributed by atoms with Crippen LogP contribution in [-0.4, -0.2) is 27.3 Å². The van der Waals surface area contributed by atoms with Crippen molar-refractivity contribution in [1.82, 2.24) is 0 Å². The lowest BCUT2D eigenvalue weighted by Crippen LogP contribution is -2.04. The fourth-order valence-electron chi connectivity index (χ4n) is 0.218. The molecule has 0 amide bonds. The van der Waals surface area contributed by atoms with Crippen LogP contribution in [0.4, 0.5) is 0 Å². The fraction of sp³-hybridized carbons (Fsp3) is 1.00. The van der Waals surface area contributed by atoms with Crippen molar-refractivity contribution in [3.63, 3.8) is 0 Å². The summed E-state index contributed by atoms with van der Waals surface area (Å²) in [7, 11) is -8.37. The lowest BCUT2D eigenvalue weighted by Gasteiger charge is -2.09. The standard InChI is InChI=1S/C2H9NO6P2/c3-1-11(7,8)9-2-10(4,5)6/h1-3H2,(H,7,8)(H2,4,5,6). The number of hydrogen-bond donors (Lipinski definition) is 4. The molecule has 0 saturated carbocycles. The van der Waals surface area contributed by atoms with Crippen LogP contribution >= 0.6 is 15.2 Å². The Morgan fingerprint density at radius 1 is 1.27 bits per heavy atom. The second-order valence-electron chi connectivity index (χ2n) is 1.74. The summed E-state index contributed by atoms with van der Waals surface area (Å²) in [5, 5.41) is 0. The highest BCUT2D eigenvalue weighted by Gasteiger charge is 2.22. The van der Waals surface area contributed by atoms with Gasteiger partial charge in [0.15, 0.2) is 6.35 Å². The van der Waals surface area contributed by atoms with Crippen molar-refractivity contribution >= 4 is 15.2 Å². The van der Waals surface area contributed by atoms with Crippen LogP contribution in [0.15, 0.2) is 0 Å². The van der Waals surface area contributed by atoms with Crippen molar-refractivity contribution in [1.29, 1.82) is 0 Å². The minimum Gasteiger partial charge on any atom is -0.323 e. The first-order valence-corrected chi connectivity index (χ1v) is 6.04. The largest absolute Gasteiger partial charge is 0.351 e. The molecule has 9 heteroatoms. The summed E-state index contributed by atoms with van der Waals surface area (Å²) in [6, 6.07) is 0. The molecule has 68 valence electrons. The fourth-order valence-corrected chi connectivity index (χ4v) is 1.65. The van der Waals surface area contributed by atoms with Gasteiger partial charge in [-0.25, -0.2) is 0 Å². The average molecular weight is 205 g/mol. The Balaban J connectivity index is 3.91. The van der Waals surface area contributed by atoms with E-state index < -0.39 is 27.8 Å². The molecule has 0 aliphatic rings. The summed E-state index contributed by atoms with van der Waals surface area (Å²) in [6.45, 7) is 0. The third kappa shape index (κ3) is 6.65. The summed E-state index contributed by atoms with van der Waals surface area (Å²) in [4.78, 5) is 24.9. The van der Waals surface area contributed by atoms with E-state index in [0.717, 1.165) is 0 Å². The van der Waals surface area contributed by atoms with Crippen molar-refractivity contribution in [2.24, 2.45) is 5.73 Å². The van der Waals surface area contributed by atoms with Crippen LogP contribution in [0, 0.1) is 0 Å². The highest BCUT2D eigenvalue weighted by atomic mass is 31.2. The molecule has 0 heterocycles. The summed E-state index contributed by atoms with van der Waals surface area (Å²) in [6.07, 6.45) is -1.75. The maximum Gasteiger partial charge on any atom is 0.351 e. The molecule has 0 rings (SSSR count). The van der Waals surface area contributed by atoms with Gasteiger partial charge in [0.1, 0.15) is 0 Å². The zero-order chi connectivity index (χ0) is 9.12. The smallest absolute Gasteiger partial charge is 0.323 e. The van der Waals surface area contributed by atoms with Gasteiger partial charge in [0.2, 0.25) is 0 Å². The zero-order valence-corrected chi connectivity index (χ0v) is 7.24. The predicted molar refractivity (Wildman–Crippen MR) is 36.9 cm³/mol. The first kappa shape index (κ1) is 11.3. The van der Waals surface area contributed by atoms with Gasteiger partial charge in [-0.3, -0.25) is 13.7 Å². The maximum atomic E-state index is 10.5. The van der Waals surface area contributed by atoms with Gasteiger partial charge in [0.25, 0.3) is 0 Å². The number of rotatable bonds is 4. The first-order chi connectivity index (χ1) is 4.77. The van der Waals surface area contributed by atoms with Crippen molar-refractivity contribution in [2.45, 2.75) is 0 Å². The SMILES string of the molecule is NCP(=O)(O)OCP(=O)(O)O. The molecule has 0 aliphatic heterocycles. The molecule has 0 spiro atoms. The topological polar surface area (TPSA) is 130 Å². The molecule has 0 fully saturated rings. The van der Waals surface area contributed by atoms with Crippen molar-refractivity contribution in [3.8, 4) is 0 Å². The Hall–Kier alpha value is 0.260. The summed E-state index contributed by atoms with van der Waals surface area (Å²) in [5.74, 6) is 0. The minimum atomic E-state index is -4.39. The van der Waals surface area contributed by atoms with Crippen LogP contribution in [0.2, 0.25) is 0 Å². The van der Waals surface area contributed by atoms with Crippen LogP contribution in [0.25, 0.3) is 0 Å². The predicted octanol–water partition coefficient (Wildman–Crippen LogP) is -0.760. The quantitative estimate of drug-likeness (QED) is 0.443. The normalized spacial score (nSPS) is 17.8. The molecular weight excluding hydrogens is 196 g/mol. The van der Waals surface area contributed by atoms with Crippen LogP contribution < -0.4 is 5.73 Å². The molecule has 0 aromatic carbocycles. The maximum absolute atomic E-state index is 10.5. The first-order valence-electron chi connectivity index (χ1n) is 2.48. The molecule has 7 nitrogen and oxygen atoms in total. The van der Waals surface area contributed by atoms with E-state index >= 15 is 0 Å². The second-order valence-corrected chi connectivity index (χ2v) is 5.23. The average Bonchev–Trinajstić information content (AvgIpc) is 1.83. The van der Waals surface area contributed by atoms with Gasteiger partial charge >= 0.3 is 15.2 Å². The molecule has 0 aliphatic carbocycles. The Morgan fingerprint density at radius 3 is 2.00 bits per heavy atom. The minimum absolute atomic E-state index is 0.660. The lowest BCUT2D eigenvalue weighted by atomic mass is 11.6. The van der Waals surface area contributed by atoms with Gasteiger partial charge in [0.05, 0.1) is 6.29 Å². The molecule has 11 heavy (non-hydrogen) atoms. The van der Waals surface area contributed by atoms with E-state index in [4.69, 9.17) is 20.4 Å². The molecule has 1 atom stereocenters. The summed E-state index contributed by atoms with van der Waals surface area (Å²) < 4.78 is 24.6. The van der Waals surface area contributed by atoms with Gasteiger partial charge in [0, 0.05) is 0 Å². The van der Waals surface area contributed by atoms with E-state index in [0.29, 0.717) is 0 Å². The van der Waals surface area contributed by atoms with E-state index in [1.807, 2.05) is 0 Å². The monoisotopic (exact) mass is 205 g/mol. The highest BCUT2D eigenvalue weighted by molar-refractivity contribution is 7.55. The van der Waals surface area contributed by atoms with Crippen molar-refractivity contribution in [2.75, 3.05) is 12.6 Å². The van der Waals surface area contributed by atoms with Gasteiger partial charge in [-0.05, 0) is 0 Å². The second kappa shape index (κ2) is 3.78.